The number of hydroxylamine groups is 1. The van der Waals surface area contributed by atoms with E-state index in [4.69, 9.17) is 14.2 Å². The van der Waals surface area contributed by atoms with Crippen molar-refractivity contribution in [1.82, 2.24) is 0 Å². The zero-order valence-electron chi connectivity index (χ0n) is 17.4. The number of ether oxygens (including phenoxy) is 3. The van der Waals surface area contributed by atoms with Gasteiger partial charge in [-0.25, -0.2) is 4.74 Å². The van der Waals surface area contributed by atoms with Crippen LogP contribution >= 0.6 is 0 Å². The molecule has 0 bridgehead atoms. The quantitative estimate of drug-likeness (QED) is 0.364. The van der Waals surface area contributed by atoms with Gasteiger partial charge in [0.1, 0.15) is 6.61 Å². The van der Waals surface area contributed by atoms with Crippen LogP contribution in [-0.4, -0.2) is 35.8 Å². The zero-order chi connectivity index (χ0) is 21.3. The molecule has 4 rings (SSSR count). The molecule has 0 amide bonds. The molecule has 0 saturated heterocycles. The van der Waals surface area contributed by atoms with Crippen molar-refractivity contribution >= 4 is 6.21 Å². The molecule has 0 radical (unpaired) electrons. The van der Waals surface area contributed by atoms with Gasteiger partial charge in [-0.05, 0) is 16.7 Å². The van der Waals surface area contributed by atoms with E-state index < -0.39 is 18.2 Å². The maximum atomic E-state index is 12.7. The molecule has 160 valence electrons. The highest BCUT2D eigenvalue weighted by molar-refractivity contribution is 5.61. The number of hydrogen-bond acceptors (Lipinski definition) is 4. The fraction of sp³-hybridized carbons (Fsp3) is 0.269. The molecule has 0 saturated carbocycles. The summed E-state index contributed by atoms with van der Waals surface area (Å²) in [5, 5.41) is 12.7. The van der Waals surface area contributed by atoms with E-state index in [-0.39, 0.29) is 6.61 Å². The molecule has 0 fully saturated rings. The molecular formula is C26H27NO4. The third-order valence-electron chi connectivity index (χ3n) is 5.29. The van der Waals surface area contributed by atoms with Crippen LogP contribution in [-0.2, 0) is 34.0 Å². The molecule has 5 heteroatoms. The molecule has 3 aromatic carbocycles. The lowest BCUT2D eigenvalue weighted by Gasteiger charge is -2.23. The monoisotopic (exact) mass is 417 g/mol. The van der Waals surface area contributed by atoms with E-state index in [9.17, 15) is 5.21 Å². The van der Waals surface area contributed by atoms with Crippen molar-refractivity contribution < 1.29 is 18.9 Å². The summed E-state index contributed by atoms with van der Waals surface area (Å²) in [6.45, 7) is 1.54. The topological polar surface area (TPSA) is 53.8 Å². The van der Waals surface area contributed by atoms with Crippen LogP contribution in [0.15, 0.2) is 91.0 Å². The molecular weight excluding hydrogens is 390 g/mol. The van der Waals surface area contributed by atoms with Crippen LogP contribution in [0, 0.1) is 5.21 Å². The maximum absolute atomic E-state index is 12.7. The summed E-state index contributed by atoms with van der Waals surface area (Å²) in [5.41, 5.74) is 3.18. The van der Waals surface area contributed by atoms with Crippen LogP contribution in [0.2, 0.25) is 0 Å². The Bertz CT molecular complexity index is 947. The second kappa shape index (κ2) is 10.9. The first kappa shape index (κ1) is 21.2. The molecule has 0 aliphatic carbocycles. The Morgan fingerprint density at radius 1 is 0.645 bits per heavy atom. The van der Waals surface area contributed by atoms with Crippen molar-refractivity contribution in [3.63, 3.8) is 0 Å². The van der Waals surface area contributed by atoms with Crippen molar-refractivity contribution in [1.29, 1.82) is 0 Å². The number of hydrogen-bond donors (Lipinski definition) is 0. The first-order valence-electron chi connectivity index (χ1n) is 10.5. The molecule has 3 aromatic rings. The van der Waals surface area contributed by atoms with Crippen molar-refractivity contribution in [2.75, 3.05) is 6.61 Å². The van der Waals surface area contributed by atoms with E-state index in [0.29, 0.717) is 19.8 Å². The van der Waals surface area contributed by atoms with E-state index in [2.05, 4.69) is 0 Å². The maximum Gasteiger partial charge on any atom is 0.215 e. The average Bonchev–Trinajstić information content (AvgIpc) is 3.12. The molecule has 3 atom stereocenters. The summed E-state index contributed by atoms with van der Waals surface area (Å²) in [7, 11) is 0. The molecule has 0 aromatic heterocycles. The van der Waals surface area contributed by atoms with E-state index in [1.165, 1.54) is 0 Å². The van der Waals surface area contributed by atoms with Crippen LogP contribution in [0.3, 0.4) is 0 Å². The molecule has 1 heterocycles. The lowest BCUT2D eigenvalue weighted by Crippen LogP contribution is -2.41. The SMILES string of the molecule is [O-][N+]1=C[C@H](OCc2ccccc2)[C@@H](OCc2ccccc2)[C@H]1COCc1ccccc1. The van der Waals surface area contributed by atoms with Gasteiger partial charge in [0, 0.05) is 0 Å². The lowest BCUT2D eigenvalue weighted by atomic mass is 10.1. The zero-order valence-corrected chi connectivity index (χ0v) is 17.4. The first-order chi connectivity index (χ1) is 15.3. The van der Waals surface area contributed by atoms with E-state index in [1.54, 1.807) is 6.21 Å². The van der Waals surface area contributed by atoms with Gasteiger partial charge in [-0.15, -0.1) is 0 Å². The van der Waals surface area contributed by atoms with Crippen LogP contribution in [0.25, 0.3) is 0 Å². The van der Waals surface area contributed by atoms with Crippen molar-refractivity contribution in [3.8, 4) is 0 Å². The molecule has 31 heavy (non-hydrogen) atoms. The van der Waals surface area contributed by atoms with Crippen LogP contribution in [0.4, 0.5) is 0 Å². The van der Waals surface area contributed by atoms with Gasteiger partial charge in [0.15, 0.2) is 18.4 Å². The van der Waals surface area contributed by atoms with Crippen molar-refractivity contribution in [2.45, 2.75) is 38.1 Å². The molecule has 0 spiro atoms. The minimum atomic E-state index is -0.465. The minimum absolute atomic E-state index is 0.263. The molecule has 0 unspecified atom stereocenters. The van der Waals surface area contributed by atoms with E-state index >= 15 is 0 Å². The van der Waals surface area contributed by atoms with Gasteiger partial charge in [0.25, 0.3) is 0 Å². The second-order valence-corrected chi connectivity index (χ2v) is 7.60. The normalized spacial score (nSPS) is 20.5. The predicted octanol–water partition coefficient (Wildman–Crippen LogP) is 4.34. The van der Waals surface area contributed by atoms with Gasteiger partial charge in [-0.1, -0.05) is 91.0 Å². The van der Waals surface area contributed by atoms with Gasteiger partial charge in [0.2, 0.25) is 6.04 Å². The third kappa shape index (κ3) is 6.01. The average molecular weight is 418 g/mol. The standard InChI is InChI=1S/C26H27NO4/c28-27-16-25(30-18-22-12-6-2-7-13-22)26(31-19-23-14-8-3-9-15-23)24(27)20-29-17-21-10-4-1-5-11-21/h1-16,24-26H,17-20H2/t24-,25+,26+/m1/s1. The highest BCUT2D eigenvalue weighted by Gasteiger charge is 2.43. The molecule has 5 nitrogen and oxygen atoms in total. The van der Waals surface area contributed by atoms with Crippen LogP contribution in [0.5, 0.6) is 0 Å². The van der Waals surface area contributed by atoms with Crippen molar-refractivity contribution in [2.24, 2.45) is 0 Å². The Labute approximate surface area is 183 Å². The fourth-order valence-electron chi connectivity index (χ4n) is 3.62. The summed E-state index contributed by atoms with van der Waals surface area (Å²) in [4.78, 5) is 0. The number of rotatable bonds is 10. The van der Waals surface area contributed by atoms with Crippen molar-refractivity contribution in [3.05, 3.63) is 113 Å². The Morgan fingerprint density at radius 3 is 1.68 bits per heavy atom. The third-order valence-corrected chi connectivity index (χ3v) is 5.29. The molecule has 0 N–H and O–H groups in total. The number of benzene rings is 3. The highest BCUT2D eigenvalue weighted by Crippen LogP contribution is 2.21. The minimum Gasteiger partial charge on any atom is -0.624 e. The summed E-state index contributed by atoms with van der Waals surface area (Å²) in [6.07, 6.45) is 0.707. The smallest absolute Gasteiger partial charge is 0.215 e. The fourth-order valence-corrected chi connectivity index (χ4v) is 3.62. The molecule has 1 aliphatic rings. The predicted molar refractivity (Wildman–Crippen MR) is 120 cm³/mol. The van der Waals surface area contributed by atoms with Gasteiger partial charge < -0.3 is 19.4 Å². The summed E-state index contributed by atoms with van der Waals surface area (Å²) in [6, 6.07) is 29.3. The summed E-state index contributed by atoms with van der Waals surface area (Å²) >= 11 is 0. The Kier molecular flexibility index (Phi) is 7.45. The van der Waals surface area contributed by atoms with Crippen LogP contribution in [0.1, 0.15) is 16.7 Å². The van der Waals surface area contributed by atoms with Gasteiger partial charge >= 0.3 is 0 Å². The summed E-state index contributed by atoms with van der Waals surface area (Å²) in [5.74, 6) is 0. The van der Waals surface area contributed by atoms with Crippen LogP contribution < -0.4 is 0 Å². The summed E-state index contributed by atoms with van der Waals surface area (Å²) < 4.78 is 19.1. The lowest BCUT2D eigenvalue weighted by molar-refractivity contribution is -0.504. The first-order valence-corrected chi connectivity index (χ1v) is 10.5. The second-order valence-electron chi connectivity index (χ2n) is 7.60. The van der Waals surface area contributed by atoms with E-state index in [0.717, 1.165) is 21.4 Å². The van der Waals surface area contributed by atoms with Gasteiger partial charge in [-0.3, -0.25) is 0 Å². The van der Waals surface area contributed by atoms with Gasteiger partial charge in [-0.2, -0.15) is 0 Å². The Morgan fingerprint density at radius 2 is 1.13 bits per heavy atom. The Hall–Kier alpha value is -2.99. The van der Waals surface area contributed by atoms with Gasteiger partial charge in [0.05, 0.1) is 19.8 Å². The molecule has 1 aliphatic heterocycles. The Balaban J connectivity index is 1.40. The largest absolute Gasteiger partial charge is 0.624 e. The van der Waals surface area contributed by atoms with E-state index in [1.807, 2.05) is 91.0 Å². The highest BCUT2D eigenvalue weighted by atomic mass is 16.6. The number of nitrogens with zero attached hydrogens (tertiary/aromatic N) is 1.